The number of hydrogen-bond acceptors (Lipinski definition) is 5. The Morgan fingerprint density at radius 2 is 1.94 bits per heavy atom. The van der Waals surface area contributed by atoms with Crippen LogP contribution in [0.15, 0.2) is 42.5 Å². The minimum absolute atomic E-state index is 0.0578. The number of ether oxygens (including phenoxy) is 1. The topological polar surface area (TPSA) is 82.1 Å². The van der Waals surface area contributed by atoms with Crippen molar-refractivity contribution in [3.63, 3.8) is 0 Å². The van der Waals surface area contributed by atoms with Gasteiger partial charge in [-0.25, -0.2) is 0 Å². The number of nitrogens with one attached hydrogen (secondary N) is 1. The summed E-state index contributed by atoms with van der Waals surface area (Å²) in [4.78, 5) is 28.5. The number of hydrogen-bond donors (Lipinski definition) is 2. The van der Waals surface area contributed by atoms with Crippen molar-refractivity contribution in [2.24, 2.45) is 0 Å². The number of carbonyl (C=O) groups is 2. The molecule has 0 aromatic heterocycles. The lowest BCUT2D eigenvalue weighted by molar-refractivity contribution is -0.114. The van der Waals surface area contributed by atoms with Crippen LogP contribution in [0.3, 0.4) is 0 Å². The van der Waals surface area contributed by atoms with Gasteiger partial charge in [0.15, 0.2) is 0 Å². The lowest BCUT2D eigenvalue weighted by Gasteiger charge is -2.34. The Morgan fingerprint density at radius 1 is 1.12 bits per heavy atom. The highest BCUT2D eigenvalue weighted by atomic mass is 16.5. The largest absolute Gasteiger partial charge is 0.491 e. The van der Waals surface area contributed by atoms with Crippen molar-refractivity contribution in [3.05, 3.63) is 59.2 Å². The third-order valence-corrected chi connectivity index (χ3v) is 6.19. The van der Waals surface area contributed by atoms with E-state index in [-0.39, 0.29) is 24.5 Å². The fraction of sp³-hybridized carbons (Fsp3) is 0.440. The number of benzene rings is 2. The van der Waals surface area contributed by atoms with Crippen molar-refractivity contribution >= 4 is 17.5 Å². The molecule has 170 valence electrons. The molecule has 1 fully saturated rings. The number of amides is 2. The van der Waals surface area contributed by atoms with E-state index in [9.17, 15) is 14.7 Å². The molecule has 2 aromatic carbocycles. The third-order valence-electron chi connectivity index (χ3n) is 6.19. The number of anilines is 1. The maximum absolute atomic E-state index is 13.1. The first-order valence-corrected chi connectivity index (χ1v) is 11.3. The number of piperidine rings is 1. The van der Waals surface area contributed by atoms with Crippen LogP contribution < -0.4 is 10.1 Å². The SMILES string of the molecule is CC(=O)Nc1ccc(C(=O)N2CCOc3ccc(CN4CCCCC4CO)cc3C2)cc1. The lowest BCUT2D eigenvalue weighted by Crippen LogP contribution is -2.41. The highest BCUT2D eigenvalue weighted by Crippen LogP contribution is 2.27. The molecule has 2 amide bonds. The summed E-state index contributed by atoms with van der Waals surface area (Å²) < 4.78 is 5.92. The zero-order valence-electron chi connectivity index (χ0n) is 18.5. The van der Waals surface area contributed by atoms with Gasteiger partial charge in [0.25, 0.3) is 5.91 Å². The molecular weight excluding hydrogens is 406 g/mol. The molecule has 0 spiro atoms. The summed E-state index contributed by atoms with van der Waals surface area (Å²) in [6.45, 7) is 4.87. The van der Waals surface area contributed by atoms with Gasteiger partial charge in [-0.3, -0.25) is 14.5 Å². The van der Waals surface area contributed by atoms with E-state index >= 15 is 0 Å². The average Bonchev–Trinajstić information content (AvgIpc) is 3.01. The molecule has 7 nitrogen and oxygen atoms in total. The van der Waals surface area contributed by atoms with Gasteiger partial charge >= 0.3 is 0 Å². The lowest BCUT2D eigenvalue weighted by atomic mass is 10.0. The van der Waals surface area contributed by atoms with Crippen LogP contribution in [-0.4, -0.2) is 59.1 Å². The van der Waals surface area contributed by atoms with E-state index in [0.717, 1.165) is 37.2 Å². The molecule has 2 heterocycles. The summed E-state index contributed by atoms with van der Waals surface area (Å²) in [6, 6.07) is 13.4. The highest BCUT2D eigenvalue weighted by Gasteiger charge is 2.24. The van der Waals surface area contributed by atoms with E-state index < -0.39 is 0 Å². The average molecular weight is 438 g/mol. The number of aliphatic hydroxyl groups excluding tert-OH is 1. The van der Waals surface area contributed by atoms with E-state index in [0.29, 0.717) is 30.9 Å². The van der Waals surface area contributed by atoms with Gasteiger partial charge in [0.2, 0.25) is 5.91 Å². The maximum atomic E-state index is 13.1. The molecule has 2 aliphatic heterocycles. The first-order chi connectivity index (χ1) is 15.5. The van der Waals surface area contributed by atoms with E-state index in [1.807, 2.05) is 6.07 Å². The van der Waals surface area contributed by atoms with Crippen molar-refractivity contribution in [1.82, 2.24) is 9.80 Å². The van der Waals surface area contributed by atoms with Gasteiger partial charge in [-0.05, 0) is 61.3 Å². The van der Waals surface area contributed by atoms with E-state index in [1.54, 1.807) is 29.2 Å². The fourth-order valence-corrected chi connectivity index (χ4v) is 4.51. The van der Waals surface area contributed by atoms with Crippen LogP contribution in [0.2, 0.25) is 0 Å². The van der Waals surface area contributed by atoms with Crippen molar-refractivity contribution in [2.45, 2.75) is 45.3 Å². The molecule has 1 unspecified atom stereocenters. The van der Waals surface area contributed by atoms with Crippen molar-refractivity contribution < 1.29 is 19.4 Å². The van der Waals surface area contributed by atoms with Crippen molar-refractivity contribution in [3.8, 4) is 5.75 Å². The van der Waals surface area contributed by atoms with Crippen molar-refractivity contribution in [1.29, 1.82) is 0 Å². The summed E-state index contributed by atoms with van der Waals surface area (Å²) in [5.74, 6) is 0.621. The number of carbonyl (C=O) groups excluding carboxylic acids is 2. The maximum Gasteiger partial charge on any atom is 0.254 e. The van der Waals surface area contributed by atoms with Crippen LogP contribution in [0, 0.1) is 0 Å². The molecule has 0 saturated carbocycles. The van der Waals surface area contributed by atoms with Gasteiger partial charge in [0, 0.05) is 42.9 Å². The monoisotopic (exact) mass is 437 g/mol. The van der Waals surface area contributed by atoms with Gasteiger partial charge < -0.3 is 20.1 Å². The number of fused-ring (bicyclic) bond motifs is 1. The number of nitrogens with zero attached hydrogens (tertiary/aromatic N) is 2. The Morgan fingerprint density at radius 3 is 2.69 bits per heavy atom. The van der Waals surface area contributed by atoms with Crippen LogP contribution in [0.25, 0.3) is 0 Å². The minimum atomic E-state index is -0.143. The van der Waals surface area contributed by atoms with Gasteiger partial charge in [-0.15, -0.1) is 0 Å². The van der Waals surface area contributed by atoms with Crippen molar-refractivity contribution in [2.75, 3.05) is 31.6 Å². The summed E-state index contributed by atoms with van der Waals surface area (Å²) in [7, 11) is 0. The standard InChI is InChI=1S/C25H31N3O4/c1-18(30)26-22-8-6-20(7-9-22)25(31)28-12-13-32-24-10-5-19(14-21(24)16-28)15-27-11-3-2-4-23(27)17-29/h5-10,14,23,29H,2-4,11-13,15-17H2,1H3,(H,26,30). The number of aliphatic hydroxyl groups is 1. The normalized spacial score (nSPS) is 18.9. The summed E-state index contributed by atoms with van der Waals surface area (Å²) >= 11 is 0. The summed E-state index contributed by atoms with van der Waals surface area (Å²) in [6.07, 6.45) is 3.36. The summed E-state index contributed by atoms with van der Waals surface area (Å²) in [5.41, 5.74) is 3.42. The minimum Gasteiger partial charge on any atom is -0.491 e. The summed E-state index contributed by atoms with van der Waals surface area (Å²) in [5, 5.41) is 12.4. The van der Waals surface area contributed by atoms with E-state index in [2.05, 4.69) is 22.3 Å². The van der Waals surface area contributed by atoms with E-state index in [1.165, 1.54) is 18.9 Å². The zero-order chi connectivity index (χ0) is 22.5. The predicted molar refractivity (Wildman–Crippen MR) is 123 cm³/mol. The van der Waals surface area contributed by atoms with Gasteiger partial charge in [-0.2, -0.15) is 0 Å². The molecule has 2 aliphatic rings. The molecule has 2 aromatic rings. The Balaban J connectivity index is 1.47. The molecule has 1 atom stereocenters. The molecule has 4 rings (SSSR count). The molecule has 7 heteroatoms. The van der Waals surface area contributed by atoms with Crippen LogP contribution in [0.5, 0.6) is 5.75 Å². The second kappa shape index (κ2) is 10.1. The fourth-order valence-electron chi connectivity index (χ4n) is 4.51. The Kier molecular flexibility index (Phi) is 7.07. The smallest absolute Gasteiger partial charge is 0.254 e. The number of rotatable bonds is 5. The number of likely N-dealkylation sites (tertiary alicyclic amines) is 1. The first-order valence-electron chi connectivity index (χ1n) is 11.3. The molecule has 0 bridgehead atoms. The highest BCUT2D eigenvalue weighted by molar-refractivity contribution is 5.95. The Bertz CT molecular complexity index is 960. The van der Waals surface area contributed by atoms with Crippen LogP contribution in [0.4, 0.5) is 5.69 Å². The molecule has 32 heavy (non-hydrogen) atoms. The molecule has 0 aliphatic carbocycles. The van der Waals surface area contributed by atoms with Crippen LogP contribution in [-0.2, 0) is 17.9 Å². The molecule has 1 saturated heterocycles. The van der Waals surface area contributed by atoms with E-state index in [4.69, 9.17) is 4.74 Å². The molecule has 2 N–H and O–H groups in total. The molecular formula is C25H31N3O4. The molecule has 0 radical (unpaired) electrons. The predicted octanol–water partition coefficient (Wildman–Crippen LogP) is 3.03. The zero-order valence-corrected chi connectivity index (χ0v) is 18.5. The van der Waals surface area contributed by atoms with Gasteiger partial charge in [0.1, 0.15) is 12.4 Å². The van der Waals surface area contributed by atoms with Gasteiger partial charge in [-0.1, -0.05) is 12.5 Å². The Labute approximate surface area is 189 Å². The van der Waals surface area contributed by atoms with Crippen LogP contribution in [0.1, 0.15) is 47.7 Å². The second-order valence-corrected chi connectivity index (χ2v) is 8.58. The Hall–Kier alpha value is -2.90. The second-order valence-electron chi connectivity index (χ2n) is 8.58. The van der Waals surface area contributed by atoms with Gasteiger partial charge in [0.05, 0.1) is 13.2 Å². The van der Waals surface area contributed by atoms with Crippen LogP contribution >= 0.6 is 0 Å². The first kappa shape index (κ1) is 22.3. The quantitative estimate of drug-likeness (QED) is 0.752. The third kappa shape index (κ3) is 5.29.